The Morgan fingerprint density at radius 2 is 0.561 bits per heavy atom. The number of benzene rings is 4. The Morgan fingerprint density at radius 1 is 0.351 bits per heavy atom. The van der Waals surface area contributed by atoms with Gasteiger partial charge in [0.15, 0.2) is 23.3 Å². The first kappa shape index (κ1) is 38.3. The van der Waals surface area contributed by atoms with Crippen LogP contribution in [0.5, 0.6) is 0 Å². The van der Waals surface area contributed by atoms with E-state index in [1.807, 2.05) is 97.1 Å². The number of rotatable bonds is 4. The fourth-order valence-electron chi connectivity index (χ4n) is 6.16. The van der Waals surface area contributed by atoms with Gasteiger partial charge in [0.2, 0.25) is 0 Å². The van der Waals surface area contributed by atoms with E-state index in [2.05, 4.69) is 9.97 Å². The predicted molar refractivity (Wildman–Crippen MR) is 202 cm³/mol. The van der Waals surface area contributed by atoms with Crippen molar-refractivity contribution in [3.8, 4) is 45.6 Å². The van der Waals surface area contributed by atoms with E-state index in [4.69, 9.17) is 48.1 Å². The summed E-state index contributed by atoms with van der Waals surface area (Å²) in [6.07, 6.45) is 0. The van der Waals surface area contributed by atoms with Crippen molar-refractivity contribution in [2.75, 3.05) is 0 Å². The topological polar surface area (TPSA) is 326 Å². The zero-order valence-corrected chi connectivity index (χ0v) is 32.3. The van der Waals surface area contributed by atoms with Gasteiger partial charge in [0.05, 0.1) is 0 Å². The van der Waals surface area contributed by atoms with Gasteiger partial charge in [-0.2, -0.15) is 0 Å². The number of aromatic nitrogens is 8. The van der Waals surface area contributed by atoms with Crippen molar-refractivity contribution in [1.82, 2.24) is 39.9 Å². The van der Waals surface area contributed by atoms with Crippen LogP contribution in [0.2, 0.25) is 0 Å². The molecule has 2 aliphatic heterocycles. The fraction of sp³-hybridized carbons (Fsp3) is 0. The normalized spacial score (nSPS) is 13.4. The number of nitrogens with one attached hydrogen (secondary N) is 2. The molecule has 20 nitrogen and oxygen atoms in total. The summed E-state index contributed by atoms with van der Waals surface area (Å²) in [7, 11) is -33.7. The van der Waals surface area contributed by atoms with E-state index in [1.165, 1.54) is 0 Å². The van der Waals surface area contributed by atoms with Crippen LogP contribution >= 0.6 is 0 Å². The van der Waals surface area contributed by atoms with Crippen molar-refractivity contribution in [3.05, 3.63) is 97.1 Å². The number of hydrogen-bond acceptors (Lipinski definition) is 14. The molecule has 57 heavy (non-hydrogen) atoms. The molecule has 0 amide bonds. The maximum absolute atomic E-state index is 10.6. The maximum Gasteiger partial charge on any atom is 0.164 e. The Morgan fingerprint density at radius 3 is 0.754 bits per heavy atom. The monoisotopic (exact) mass is 894 g/mol. The van der Waals surface area contributed by atoms with E-state index in [9.17, 15) is 33.7 Å². The van der Waals surface area contributed by atoms with Crippen LogP contribution in [0.4, 0.5) is 0 Å². The van der Waals surface area contributed by atoms with E-state index >= 15 is 0 Å². The van der Waals surface area contributed by atoms with Crippen LogP contribution in [0.15, 0.2) is 97.1 Å². The molecule has 294 valence electrons. The molecule has 3 aromatic heterocycles. The Balaban J connectivity index is 0.000000229. The minimum atomic E-state index is -7.31. The molecule has 0 radical (unpaired) electrons. The molecular formula is C32H22FeN8O12S4. The van der Waals surface area contributed by atoms with Crippen molar-refractivity contribution in [3.63, 3.8) is 0 Å². The summed E-state index contributed by atoms with van der Waals surface area (Å²) in [6, 6.07) is 32.2. The summed E-state index contributed by atoms with van der Waals surface area (Å²) in [5.41, 5.74) is 6.45. The molecule has 0 saturated heterocycles. The Labute approximate surface area is 319 Å². The molecule has 8 bridgehead atoms. The van der Waals surface area contributed by atoms with Crippen molar-refractivity contribution in [2.45, 2.75) is 0 Å². The number of nitrogens with zero attached hydrogens (tertiary/aromatic N) is 6. The third-order valence-electron chi connectivity index (χ3n) is 8.35. The molecule has 2 aliphatic rings. The summed E-state index contributed by atoms with van der Waals surface area (Å²) in [4.78, 5) is 36.8. The van der Waals surface area contributed by atoms with Gasteiger partial charge in [-0.05, 0) is 0 Å². The molecule has 0 spiro atoms. The average Bonchev–Trinajstić information content (AvgIpc) is 3.85. The van der Waals surface area contributed by atoms with Crippen molar-refractivity contribution >= 4 is 78.3 Å². The number of fused-ring (bicyclic) bond motifs is 20. The third kappa shape index (κ3) is 6.16. The van der Waals surface area contributed by atoms with Crippen LogP contribution in [0.25, 0.3) is 89.7 Å². The van der Waals surface area contributed by atoms with Gasteiger partial charge in [-0.3, -0.25) is 0 Å². The first-order chi connectivity index (χ1) is 26.8. The van der Waals surface area contributed by atoms with E-state index in [0.717, 1.165) is 43.8 Å². The molecule has 0 unspecified atom stereocenters. The zero-order chi connectivity index (χ0) is 40.7. The van der Waals surface area contributed by atoms with E-state index in [-0.39, 0.29) is 0 Å². The first-order valence-electron chi connectivity index (χ1n) is 15.6. The molecule has 7 aromatic rings. The standard InChI is InChI=1S/C32H18N8.Fe.4HO3S/c1-2-10-18-17(9-1)25-33-26(18)38-28-21-13-5-6-14-22(21)30(35-28)40-32-24-16-8-7-15-23(24)31(36-32)39-29-20-12-4-3-11-19(20)27(34-29)37-25;;4*1-4(2)3/h1-16H,(H2,33,34,35,36,37,38,39,40);;4*(H,1,2,3). The molecule has 0 saturated carbocycles. The second-order valence-corrected chi connectivity index (χ2v) is 34.5. The summed E-state index contributed by atoms with van der Waals surface area (Å²) in [5, 5.41) is 3.82. The average molecular weight is 895 g/mol. The minimum absolute atomic E-state index is 0.597. The van der Waals surface area contributed by atoms with E-state index in [0.29, 0.717) is 45.9 Å². The molecule has 25 heteroatoms. The summed E-state index contributed by atoms with van der Waals surface area (Å²) < 4.78 is 118. The predicted octanol–water partition coefficient (Wildman–Crippen LogP) is 4.22. The Kier molecular flexibility index (Phi) is 8.89. The molecule has 4 aromatic carbocycles. The summed E-state index contributed by atoms with van der Waals surface area (Å²) >= 11 is 0. The third-order valence-corrected chi connectivity index (χ3v) is 40.6. The second-order valence-electron chi connectivity index (χ2n) is 11.7. The molecular weight excluding hydrogens is 873 g/mol. The van der Waals surface area contributed by atoms with E-state index < -0.39 is 42.5 Å². The van der Waals surface area contributed by atoms with Gasteiger partial charge < -0.3 is 9.97 Å². The summed E-state index contributed by atoms with van der Waals surface area (Å²) in [6.45, 7) is 0. The minimum Gasteiger partial charge on any atom is -0.324 e. The van der Waals surface area contributed by atoms with E-state index in [1.54, 1.807) is 0 Å². The smallest absolute Gasteiger partial charge is 0.164 e. The molecule has 6 N–H and O–H groups in total. The fourth-order valence-corrected chi connectivity index (χ4v) is 26.5. The Bertz CT molecular complexity index is 3050. The van der Waals surface area contributed by atoms with Gasteiger partial charge in [0.1, 0.15) is 22.6 Å². The van der Waals surface area contributed by atoms with Crippen molar-refractivity contribution in [1.29, 1.82) is 0 Å². The van der Waals surface area contributed by atoms with Crippen LogP contribution in [0.3, 0.4) is 0 Å². The largest absolute Gasteiger partial charge is 0.324 e. The van der Waals surface area contributed by atoms with Gasteiger partial charge in [0.25, 0.3) is 0 Å². The summed E-state index contributed by atoms with van der Waals surface area (Å²) in [5.74, 6) is 2.39. The van der Waals surface area contributed by atoms with Crippen LogP contribution in [0, 0.1) is 0 Å². The quantitative estimate of drug-likeness (QED) is 0.106. The van der Waals surface area contributed by atoms with Crippen molar-refractivity contribution in [2.24, 2.45) is 0 Å². The van der Waals surface area contributed by atoms with Gasteiger partial charge in [0, 0.05) is 43.8 Å². The molecule has 0 atom stereocenters. The van der Waals surface area contributed by atoms with Crippen LogP contribution < -0.4 is 0 Å². The molecule has 5 heterocycles. The number of hydrogen-bond donors (Lipinski definition) is 6. The van der Waals surface area contributed by atoms with Crippen LogP contribution in [-0.2, 0) is 42.5 Å². The molecule has 0 aliphatic carbocycles. The molecule has 0 fully saturated rings. The maximum atomic E-state index is 10.6. The molecule has 9 rings (SSSR count). The van der Waals surface area contributed by atoms with Crippen molar-refractivity contribution < 1.29 is 60.2 Å². The number of aromatic amines is 2. The van der Waals surface area contributed by atoms with Crippen LogP contribution in [0.1, 0.15) is 0 Å². The van der Waals surface area contributed by atoms with Gasteiger partial charge >= 0.3 is 94.4 Å². The van der Waals surface area contributed by atoms with Gasteiger partial charge in [-0.1, -0.05) is 97.1 Å². The van der Waals surface area contributed by atoms with Crippen LogP contribution in [-0.4, -0.2) is 91.8 Å². The SMILES string of the molecule is O=[S](=O)(O)[Fe]([S](=O)(=O)O)([S](=O)(=O)O)[S](=O)(=O)O.c1ccc2c(c1)-c1nc-2nc2[nH]c(nc3nc(nc4[nH]c(n1)c1ccccc41)-c1ccccc1-3)c1ccccc21. The number of H-pyrrole nitrogens is 2. The van der Waals surface area contributed by atoms with Gasteiger partial charge in [-0.25, -0.2) is 29.9 Å². The Hall–Kier alpha value is -5.60. The second kappa shape index (κ2) is 13.2. The first-order valence-corrected chi connectivity index (χ1v) is 26.3. The zero-order valence-electron chi connectivity index (χ0n) is 28.0. The van der Waals surface area contributed by atoms with Gasteiger partial charge in [-0.15, -0.1) is 0 Å².